The lowest BCUT2D eigenvalue weighted by Crippen LogP contribution is -2.14. The van der Waals surface area contributed by atoms with Gasteiger partial charge < -0.3 is 9.84 Å². The molecule has 0 saturated heterocycles. The van der Waals surface area contributed by atoms with Gasteiger partial charge in [0.1, 0.15) is 5.76 Å². The molecule has 0 amide bonds. The molecule has 90 valence electrons. The highest BCUT2D eigenvalue weighted by Gasteiger charge is 2.08. The number of pyridine rings is 1. The quantitative estimate of drug-likeness (QED) is 0.877. The largest absolute Gasteiger partial charge is 0.361 e. The summed E-state index contributed by atoms with van der Waals surface area (Å²) in [7, 11) is 0. The molecule has 2 rings (SSSR count). The molecule has 0 bridgehead atoms. The highest BCUT2D eigenvalue weighted by Crippen LogP contribution is 2.12. The standard InChI is InChI=1S/C13H17N3O/c1-9-4-5-14-6-12(9)7-15-8-13-10(2)16-17-11(13)3/h4-6,15H,7-8H2,1-3H3. The van der Waals surface area contributed by atoms with E-state index in [0.29, 0.717) is 0 Å². The zero-order chi connectivity index (χ0) is 12.3. The summed E-state index contributed by atoms with van der Waals surface area (Å²) < 4.78 is 5.12. The molecule has 0 aliphatic rings. The van der Waals surface area contributed by atoms with Crippen molar-refractivity contribution in [1.29, 1.82) is 0 Å². The van der Waals surface area contributed by atoms with Crippen molar-refractivity contribution >= 4 is 0 Å². The molecule has 0 aliphatic carbocycles. The third-order valence-corrected chi connectivity index (χ3v) is 2.95. The first-order valence-electron chi connectivity index (χ1n) is 5.70. The van der Waals surface area contributed by atoms with E-state index in [2.05, 4.69) is 22.4 Å². The van der Waals surface area contributed by atoms with E-state index in [4.69, 9.17) is 4.52 Å². The summed E-state index contributed by atoms with van der Waals surface area (Å²) in [5.74, 6) is 0.887. The number of aromatic nitrogens is 2. The number of hydrogen-bond donors (Lipinski definition) is 1. The predicted molar refractivity (Wildman–Crippen MR) is 65.5 cm³/mol. The van der Waals surface area contributed by atoms with E-state index in [1.54, 1.807) is 0 Å². The zero-order valence-corrected chi connectivity index (χ0v) is 10.4. The Hall–Kier alpha value is -1.68. The van der Waals surface area contributed by atoms with Crippen LogP contribution < -0.4 is 5.32 Å². The van der Waals surface area contributed by atoms with Crippen molar-refractivity contribution in [3.63, 3.8) is 0 Å². The summed E-state index contributed by atoms with van der Waals surface area (Å²) in [5, 5.41) is 7.32. The number of aryl methyl sites for hydroxylation is 3. The minimum atomic E-state index is 0.773. The second kappa shape index (κ2) is 5.10. The molecule has 0 spiro atoms. The molecule has 0 atom stereocenters. The summed E-state index contributed by atoms with van der Waals surface area (Å²) in [6.45, 7) is 7.57. The van der Waals surface area contributed by atoms with Crippen LogP contribution in [0.2, 0.25) is 0 Å². The minimum Gasteiger partial charge on any atom is -0.361 e. The normalized spacial score (nSPS) is 10.8. The summed E-state index contributed by atoms with van der Waals surface area (Å²) in [6.07, 6.45) is 3.71. The molecular formula is C13H17N3O. The summed E-state index contributed by atoms with van der Waals surface area (Å²) >= 11 is 0. The van der Waals surface area contributed by atoms with Gasteiger partial charge in [-0.3, -0.25) is 4.98 Å². The first-order chi connectivity index (χ1) is 8.18. The van der Waals surface area contributed by atoms with Gasteiger partial charge in [0.25, 0.3) is 0 Å². The van der Waals surface area contributed by atoms with Crippen molar-refractivity contribution in [2.24, 2.45) is 0 Å². The van der Waals surface area contributed by atoms with E-state index in [1.807, 2.05) is 32.3 Å². The van der Waals surface area contributed by atoms with Crippen LogP contribution in [-0.2, 0) is 13.1 Å². The Morgan fingerprint density at radius 1 is 1.24 bits per heavy atom. The molecule has 0 radical (unpaired) electrons. The van der Waals surface area contributed by atoms with Crippen LogP contribution in [0.15, 0.2) is 23.0 Å². The van der Waals surface area contributed by atoms with Gasteiger partial charge in [-0.2, -0.15) is 0 Å². The third-order valence-electron chi connectivity index (χ3n) is 2.95. The minimum absolute atomic E-state index is 0.773. The van der Waals surface area contributed by atoms with Crippen LogP contribution in [0.5, 0.6) is 0 Å². The molecule has 0 aliphatic heterocycles. The van der Waals surface area contributed by atoms with Gasteiger partial charge in [0.05, 0.1) is 5.69 Å². The highest BCUT2D eigenvalue weighted by atomic mass is 16.5. The second-order valence-electron chi connectivity index (χ2n) is 4.21. The fraction of sp³-hybridized carbons (Fsp3) is 0.385. The molecule has 4 heteroatoms. The van der Waals surface area contributed by atoms with Gasteiger partial charge in [0.15, 0.2) is 0 Å². The van der Waals surface area contributed by atoms with Gasteiger partial charge in [-0.15, -0.1) is 0 Å². The molecule has 0 unspecified atom stereocenters. The van der Waals surface area contributed by atoms with E-state index < -0.39 is 0 Å². The Morgan fingerprint density at radius 2 is 2.06 bits per heavy atom. The van der Waals surface area contributed by atoms with Gasteiger partial charge in [-0.1, -0.05) is 5.16 Å². The van der Waals surface area contributed by atoms with Crippen molar-refractivity contribution in [3.05, 3.63) is 46.6 Å². The Morgan fingerprint density at radius 3 is 2.71 bits per heavy atom. The van der Waals surface area contributed by atoms with Crippen molar-refractivity contribution < 1.29 is 4.52 Å². The number of nitrogens with one attached hydrogen (secondary N) is 1. The van der Waals surface area contributed by atoms with Crippen LogP contribution in [0.4, 0.5) is 0 Å². The summed E-state index contributed by atoms with van der Waals surface area (Å²) in [6, 6.07) is 2.02. The third kappa shape index (κ3) is 2.71. The molecule has 4 nitrogen and oxygen atoms in total. The van der Waals surface area contributed by atoms with E-state index in [0.717, 1.165) is 30.1 Å². The average molecular weight is 231 g/mol. The van der Waals surface area contributed by atoms with Gasteiger partial charge >= 0.3 is 0 Å². The topological polar surface area (TPSA) is 51.0 Å². The van der Waals surface area contributed by atoms with Crippen LogP contribution in [0.25, 0.3) is 0 Å². The van der Waals surface area contributed by atoms with Gasteiger partial charge in [0.2, 0.25) is 0 Å². The first kappa shape index (κ1) is 11.8. The number of nitrogens with zero attached hydrogens (tertiary/aromatic N) is 2. The lowest BCUT2D eigenvalue weighted by Gasteiger charge is -2.06. The monoisotopic (exact) mass is 231 g/mol. The lowest BCUT2D eigenvalue weighted by atomic mass is 10.1. The Balaban J connectivity index is 1.95. The van der Waals surface area contributed by atoms with Crippen molar-refractivity contribution in [3.8, 4) is 0 Å². The fourth-order valence-electron chi connectivity index (χ4n) is 1.76. The molecule has 17 heavy (non-hydrogen) atoms. The molecule has 2 aromatic heterocycles. The predicted octanol–water partition coefficient (Wildman–Crippen LogP) is 2.28. The zero-order valence-electron chi connectivity index (χ0n) is 10.4. The number of rotatable bonds is 4. The molecule has 0 saturated carbocycles. The smallest absolute Gasteiger partial charge is 0.138 e. The van der Waals surface area contributed by atoms with E-state index in [1.165, 1.54) is 11.1 Å². The van der Waals surface area contributed by atoms with Gasteiger partial charge in [-0.05, 0) is 38.0 Å². The second-order valence-corrected chi connectivity index (χ2v) is 4.21. The van der Waals surface area contributed by atoms with Crippen LogP contribution in [0, 0.1) is 20.8 Å². The van der Waals surface area contributed by atoms with Crippen LogP contribution in [0.3, 0.4) is 0 Å². The summed E-state index contributed by atoms with van der Waals surface area (Å²) in [4.78, 5) is 4.13. The maximum Gasteiger partial charge on any atom is 0.138 e. The van der Waals surface area contributed by atoms with E-state index in [-0.39, 0.29) is 0 Å². The maximum absolute atomic E-state index is 5.12. The lowest BCUT2D eigenvalue weighted by molar-refractivity contribution is 0.392. The van der Waals surface area contributed by atoms with Crippen molar-refractivity contribution in [2.45, 2.75) is 33.9 Å². The number of hydrogen-bond acceptors (Lipinski definition) is 4. The molecule has 0 fully saturated rings. The Bertz CT molecular complexity index is 486. The molecule has 0 aromatic carbocycles. The van der Waals surface area contributed by atoms with Crippen LogP contribution >= 0.6 is 0 Å². The molecule has 2 aromatic rings. The highest BCUT2D eigenvalue weighted by molar-refractivity contribution is 5.23. The van der Waals surface area contributed by atoms with Crippen molar-refractivity contribution in [2.75, 3.05) is 0 Å². The van der Waals surface area contributed by atoms with Crippen molar-refractivity contribution in [1.82, 2.24) is 15.5 Å². The Kier molecular flexibility index (Phi) is 3.54. The van der Waals surface area contributed by atoms with Gasteiger partial charge in [-0.25, -0.2) is 0 Å². The van der Waals surface area contributed by atoms with E-state index >= 15 is 0 Å². The SMILES string of the molecule is Cc1ccncc1CNCc1c(C)noc1C. The summed E-state index contributed by atoms with van der Waals surface area (Å²) in [5.41, 5.74) is 4.58. The maximum atomic E-state index is 5.12. The Labute approximate surface area is 101 Å². The average Bonchev–Trinajstić information content (AvgIpc) is 2.63. The van der Waals surface area contributed by atoms with E-state index in [9.17, 15) is 0 Å². The van der Waals surface area contributed by atoms with Gasteiger partial charge in [0, 0.05) is 31.0 Å². The molecule has 2 heterocycles. The van der Waals surface area contributed by atoms with Crippen LogP contribution in [-0.4, -0.2) is 10.1 Å². The fourth-order valence-corrected chi connectivity index (χ4v) is 1.76. The molecular weight excluding hydrogens is 214 g/mol. The first-order valence-corrected chi connectivity index (χ1v) is 5.70. The molecule has 1 N–H and O–H groups in total. The van der Waals surface area contributed by atoms with Crippen LogP contribution in [0.1, 0.15) is 28.1 Å².